The number of aromatic nitrogens is 1. The highest BCUT2D eigenvalue weighted by atomic mass is 16.5. The molecule has 0 aliphatic rings. The van der Waals surface area contributed by atoms with Crippen LogP contribution in [0.3, 0.4) is 0 Å². The number of nitrogens with two attached hydrogens (primary N) is 1. The number of benzene rings is 2. The molecule has 3 aromatic rings. The van der Waals surface area contributed by atoms with Crippen molar-refractivity contribution in [1.29, 1.82) is 0 Å². The van der Waals surface area contributed by atoms with Crippen molar-refractivity contribution in [1.82, 2.24) is 4.98 Å². The molecular formula is C24H28N4O2. The highest BCUT2D eigenvalue weighted by molar-refractivity contribution is 5.96. The van der Waals surface area contributed by atoms with E-state index in [2.05, 4.69) is 15.6 Å². The Bertz CT molecular complexity index is 970. The van der Waals surface area contributed by atoms with Crippen molar-refractivity contribution in [2.75, 3.05) is 23.0 Å². The van der Waals surface area contributed by atoms with Gasteiger partial charge in [0.2, 0.25) is 5.91 Å². The molecule has 0 radical (unpaired) electrons. The third kappa shape index (κ3) is 5.73. The van der Waals surface area contributed by atoms with E-state index in [9.17, 15) is 4.79 Å². The Morgan fingerprint density at radius 3 is 2.23 bits per heavy atom. The van der Waals surface area contributed by atoms with E-state index in [1.807, 2.05) is 81.4 Å². The molecule has 0 fully saturated rings. The Morgan fingerprint density at radius 2 is 1.63 bits per heavy atom. The molecule has 0 aliphatic carbocycles. The van der Waals surface area contributed by atoms with E-state index >= 15 is 0 Å². The zero-order valence-electron chi connectivity index (χ0n) is 17.6. The van der Waals surface area contributed by atoms with Gasteiger partial charge in [0, 0.05) is 5.41 Å². The lowest BCUT2D eigenvalue weighted by Crippen LogP contribution is -2.28. The minimum Gasteiger partial charge on any atom is -0.491 e. The fourth-order valence-electron chi connectivity index (χ4n) is 2.75. The van der Waals surface area contributed by atoms with Crippen molar-refractivity contribution in [3.63, 3.8) is 0 Å². The number of anilines is 3. The van der Waals surface area contributed by atoms with Gasteiger partial charge in [-0.1, -0.05) is 69.3 Å². The molecule has 4 N–H and O–H groups in total. The van der Waals surface area contributed by atoms with Crippen molar-refractivity contribution in [2.45, 2.75) is 26.8 Å². The minimum absolute atomic E-state index is 0.116. The van der Waals surface area contributed by atoms with Gasteiger partial charge in [-0.3, -0.25) is 4.79 Å². The fraction of sp³-hybridized carbons (Fsp3) is 0.250. The van der Waals surface area contributed by atoms with E-state index in [-0.39, 0.29) is 17.8 Å². The van der Waals surface area contributed by atoms with Gasteiger partial charge in [0.1, 0.15) is 24.0 Å². The molecule has 0 saturated carbocycles. The maximum atomic E-state index is 12.2. The van der Waals surface area contributed by atoms with Gasteiger partial charge < -0.3 is 21.1 Å². The van der Waals surface area contributed by atoms with Crippen molar-refractivity contribution < 1.29 is 9.53 Å². The molecule has 0 saturated heterocycles. The smallest absolute Gasteiger partial charge is 0.229 e. The maximum Gasteiger partial charge on any atom is 0.229 e. The lowest BCUT2D eigenvalue weighted by molar-refractivity contribution is -0.123. The highest BCUT2D eigenvalue weighted by Gasteiger charge is 2.22. The second kappa shape index (κ2) is 9.31. The Labute approximate surface area is 177 Å². The number of carbonyl (C=O) groups excluding carboxylic acids is 1. The van der Waals surface area contributed by atoms with E-state index < -0.39 is 5.41 Å². The molecule has 1 amide bonds. The fourth-order valence-corrected chi connectivity index (χ4v) is 2.75. The van der Waals surface area contributed by atoms with Crippen LogP contribution >= 0.6 is 0 Å². The van der Waals surface area contributed by atoms with Crippen LogP contribution in [0.5, 0.6) is 5.75 Å². The van der Waals surface area contributed by atoms with E-state index in [1.165, 1.54) is 0 Å². The molecule has 0 bridgehead atoms. The number of amides is 1. The number of hydrogen-bond acceptors (Lipinski definition) is 5. The van der Waals surface area contributed by atoms with Crippen LogP contribution in [0.1, 0.15) is 32.4 Å². The third-order valence-corrected chi connectivity index (χ3v) is 4.54. The molecule has 0 spiro atoms. The first kappa shape index (κ1) is 21.2. The van der Waals surface area contributed by atoms with Crippen LogP contribution in [0.4, 0.5) is 17.3 Å². The van der Waals surface area contributed by atoms with Gasteiger partial charge in [-0.2, -0.15) is 0 Å². The van der Waals surface area contributed by atoms with Crippen molar-refractivity contribution >= 4 is 23.2 Å². The van der Waals surface area contributed by atoms with Gasteiger partial charge in [-0.15, -0.1) is 0 Å². The highest BCUT2D eigenvalue weighted by Crippen LogP contribution is 2.25. The minimum atomic E-state index is -0.517. The maximum absolute atomic E-state index is 12.2. The normalized spacial score (nSPS) is 12.1. The number of hydrogen-bond donors (Lipinski definition) is 3. The van der Waals surface area contributed by atoms with Crippen LogP contribution in [-0.4, -0.2) is 17.5 Å². The van der Waals surface area contributed by atoms with Gasteiger partial charge in [0.25, 0.3) is 0 Å². The molecule has 1 aromatic heterocycles. The number of nitrogens with one attached hydrogen (secondary N) is 2. The van der Waals surface area contributed by atoms with Crippen LogP contribution in [0.25, 0.3) is 0 Å². The summed E-state index contributed by atoms with van der Waals surface area (Å²) in [6.07, 6.45) is 0. The standard InChI is InChI=1S/C24H28N4O2/c1-24(2,3)23(29)27-19-14-15-21(28-22(19)25)26-20(17-10-6-4-7-11-17)16-30-18-12-8-5-9-13-18/h4-15,20H,16H2,1-3H3,(H,27,29)(H3,25,26,28). The van der Waals surface area contributed by atoms with Crippen LogP contribution in [0.2, 0.25) is 0 Å². The Balaban J connectivity index is 1.75. The molecule has 1 heterocycles. The number of nitrogen functional groups attached to an aromatic ring is 1. The molecule has 1 unspecified atom stereocenters. The predicted molar refractivity (Wildman–Crippen MR) is 121 cm³/mol. The average molecular weight is 405 g/mol. The molecule has 6 heteroatoms. The lowest BCUT2D eigenvalue weighted by Gasteiger charge is -2.22. The summed E-state index contributed by atoms with van der Waals surface area (Å²) in [5.41, 5.74) is 7.14. The molecule has 30 heavy (non-hydrogen) atoms. The van der Waals surface area contributed by atoms with Gasteiger partial charge in [0.15, 0.2) is 0 Å². The summed E-state index contributed by atoms with van der Waals surface area (Å²) >= 11 is 0. The largest absolute Gasteiger partial charge is 0.491 e. The third-order valence-electron chi connectivity index (χ3n) is 4.54. The molecule has 3 rings (SSSR count). The van der Waals surface area contributed by atoms with Crippen molar-refractivity contribution in [2.24, 2.45) is 5.41 Å². The predicted octanol–water partition coefficient (Wildman–Crippen LogP) is 4.88. The number of pyridine rings is 1. The lowest BCUT2D eigenvalue weighted by atomic mass is 9.95. The van der Waals surface area contributed by atoms with E-state index in [0.717, 1.165) is 11.3 Å². The van der Waals surface area contributed by atoms with Gasteiger partial charge in [0.05, 0.1) is 11.7 Å². The summed E-state index contributed by atoms with van der Waals surface area (Å²) in [7, 11) is 0. The summed E-state index contributed by atoms with van der Waals surface area (Å²) < 4.78 is 5.96. The Hall–Kier alpha value is -3.54. The van der Waals surface area contributed by atoms with Gasteiger partial charge in [-0.25, -0.2) is 4.98 Å². The SMILES string of the molecule is CC(C)(C)C(=O)Nc1ccc(NC(COc2ccccc2)c2ccccc2)nc1N. The Kier molecular flexibility index (Phi) is 6.57. The molecule has 6 nitrogen and oxygen atoms in total. The number of carbonyl (C=O) groups is 1. The second-order valence-electron chi connectivity index (χ2n) is 8.07. The van der Waals surface area contributed by atoms with Crippen LogP contribution in [0.15, 0.2) is 72.8 Å². The number of rotatable bonds is 7. The molecule has 2 aromatic carbocycles. The molecule has 1 atom stereocenters. The Morgan fingerprint density at radius 1 is 1.00 bits per heavy atom. The first-order valence-corrected chi connectivity index (χ1v) is 9.90. The number of ether oxygens (including phenoxy) is 1. The van der Waals surface area contributed by atoms with Crippen molar-refractivity contribution in [3.8, 4) is 5.75 Å². The zero-order chi connectivity index (χ0) is 21.6. The summed E-state index contributed by atoms with van der Waals surface area (Å²) in [4.78, 5) is 16.7. The van der Waals surface area contributed by atoms with E-state index in [0.29, 0.717) is 18.1 Å². The zero-order valence-corrected chi connectivity index (χ0v) is 17.6. The first-order valence-electron chi connectivity index (χ1n) is 9.90. The molecule has 0 aliphatic heterocycles. The summed E-state index contributed by atoms with van der Waals surface area (Å²) in [5.74, 6) is 1.54. The summed E-state index contributed by atoms with van der Waals surface area (Å²) in [5, 5.41) is 6.22. The topological polar surface area (TPSA) is 89.3 Å². The quantitative estimate of drug-likeness (QED) is 0.522. The first-order chi connectivity index (χ1) is 14.3. The summed E-state index contributed by atoms with van der Waals surface area (Å²) in [6.45, 7) is 5.95. The van der Waals surface area contributed by atoms with E-state index in [1.54, 1.807) is 12.1 Å². The second-order valence-corrected chi connectivity index (χ2v) is 8.07. The van der Waals surface area contributed by atoms with E-state index in [4.69, 9.17) is 10.5 Å². The monoisotopic (exact) mass is 404 g/mol. The van der Waals surface area contributed by atoms with Crippen LogP contribution in [0, 0.1) is 5.41 Å². The van der Waals surface area contributed by atoms with Crippen LogP contribution < -0.4 is 21.1 Å². The molecule has 156 valence electrons. The molecular weight excluding hydrogens is 376 g/mol. The van der Waals surface area contributed by atoms with Gasteiger partial charge in [-0.05, 0) is 29.8 Å². The van der Waals surface area contributed by atoms with Crippen molar-refractivity contribution in [3.05, 3.63) is 78.4 Å². The average Bonchev–Trinajstić information content (AvgIpc) is 2.73. The van der Waals surface area contributed by atoms with Gasteiger partial charge >= 0.3 is 0 Å². The summed E-state index contributed by atoms with van der Waals surface area (Å²) in [6, 6.07) is 23.1. The number of nitrogens with zero attached hydrogens (tertiary/aromatic N) is 1. The number of para-hydroxylation sites is 1. The van der Waals surface area contributed by atoms with Crippen LogP contribution in [-0.2, 0) is 4.79 Å².